The van der Waals surface area contributed by atoms with Gasteiger partial charge in [-0.15, -0.1) is 0 Å². The highest BCUT2D eigenvalue weighted by atomic mass is 16.5. The lowest BCUT2D eigenvalue weighted by Crippen LogP contribution is -2.47. The van der Waals surface area contributed by atoms with Crippen LogP contribution in [0.15, 0.2) is 24.3 Å². The molecule has 4 nitrogen and oxygen atoms in total. The van der Waals surface area contributed by atoms with E-state index in [1.54, 1.807) is 12.1 Å². The van der Waals surface area contributed by atoms with E-state index in [-0.39, 0.29) is 5.91 Å². The lowest BCUT2D eigenvalue weighted by molar-refractivity contribution is 0.0943. The van der Waals surface area contributed by atoms with Gasteiger partial charge in [0.2, 0.25) is 0 Å². The maximum atomic E-state index is 12.1. The van der Waals surface area contributed by atoms with Gasteiger partial charge in [0.15, 0.2) is 0 Å². The molecule has 1 amide bonds. The van der Waals surface area contributed by atoms with Crippen molar-refractivity contribution in [2.75, 3.05) is 19.7 Å². The molecule has 2 rings (SSSR count). The Hall–Kier alpha value is -1.55. The van der Waals surface area contributed by atoms with Crippen LogP contribution in [0.4, 0.5) is 0 Å². The maximum Gasteiger partial charge on any atom is 0.251 e. The second-order valence-corrected chi connectivity index (χ2v) is 5.35. The minimum absolute atomic E-state index is 0.0207. The molecule has 1 aromatic rings. The average molecular weight is 276 g/mol. The molecule has 4 heteroatoms. The highest BCUT2D eigenvalue weighted by Crippen LogP contribution is 2.15. The molecule has 2 unspecified atom stereocenters. The van der Waals surface area contributed by atoms with Crippen LogP contribution in [0.25, 0.3) is 0 Å². The molecular formula is C16H24N2O2. The number of rotatable bonds is 5. The van der Waals surface area contributed by atoms with Crippen molar-refractivity contribution in [2.45, 2.75) is 32.7 Å². The standard InChI is InChI=1S/C16H24N2O2/c1-3-20-14-8-6-13(7-9-14)16(19)18-11-15-12(2)5-4-10-17-15/h6-9,12,15,17H,3-5,10-11H2,1-2H3,(H,18,19). The van der Waals surface area contributed by atoms with E-state index in [1.807, 2.05) is 19.1 Å². The molecule has 1 aromatic carbocycles. The van der Waals surface area contributed by atoms with Crippen molar-refractivity contribution in [3.8, 4) is 5.75 Å². The molecule has 1 aliphatic heterocycles. The molecular weight excluding hydrogens is 252 g/mol. The van der Waals surface area contributed by atoms with Crippen LogP contribution in [0, 0.1) is 5.92 Å². The lowest BCUT2D eigenvalue weighted by Gasteiger charge is -2.30. The van der Waals surface area contributed by atoms with E-state index in [0.29, 0.717) is 30.7 Å². The molecule has 0 aliphatic carbocycles. The minimum Gasteiger partial charge on any atom is -0.494 e. The first-order valence-electron chi connectivity index (χ1n) is 7.45. The SMILES string of the molecule is CCOc1ccc(C(=O)NCC2NCCCC2C)cc1. The van der Waals surface area contributed by atoms with Crippen molar-refractivity contribution in [1.82, 2.24) is 10.6 Å². The monoisotopic (exact) mass is 276 g/mol. The number of nitrogens with one attached hydrogen (secondary N) is 2. The fraction of sp³-hybridized carbons (Fsp3) is 0.562. The molecule has 20 heavy (non-hydrogen) atoms. The Morgan fingerprint density at radius 1 is 1.40 bits per heavy atom. The van der Waals surface area contributed by atoms with E-state index >= 15 is 0 Å². The van der Waals surface area contributed by atoms with Crippen LogP contribution in [-0.4, -0.2) is 31.6 Å². The molecule has 1 heterocycles. The van der Waals surface area contributed by atoms with E-state index in [1.165, 1.54) is 12.8 Å². The number of carbonyl (C=O) groups is 1. The largest absolute Gasteiger partial charge is 0.494 e. The molecule has 1 fully saturated rings. The highest BCUT2D eigenvalue weighted by molar-refractivity contribution is 5.94. The van der Waals surface area contributed by atoms with Gasteiger partial charge in [-0.2, -0.15) is 0 Å². The summed E-state index contributed by atoms with van der Waals surface area (Å²) in [5.41, 5.74) is 0.678. The number of amides is 1. The van der Waals surface area contributed by atoms with Crippen molar-refractivity contribution in [1.29, 1.82) is 0 Å². The summed E-state index contributed by atoms with van der Waals surface area (Å²) in [6, 6.07) is 7.66. The third-order valence-corrected chi connectivity index (χ3v) is 3.84. The van der Waals surface area contributed by atoms with Gasteiger partial charge >= 0.3 is 0 Å². The zero-order chi connectivity index (χ0) is 14.4. The molecule has 0 spiro atoms. The summed E-state index contributed by atoms with van der Waals surface area (Å²) in [6.45, 7) is 6.55. The molecule has 0 radical (unpaired) electrons. The second kappa shape index (κ2) is 7.29. The molecule has 2 N–H and O–H groups in total. The van der Waals surface area contributed by atoms with Gasteiger partial charge in [0, 0.05) is 18.2 Å². The Kier molecular flexibility index (Phi) is 5.41. The van der Waals surface area contributed by atoms with Crippen molar-refractivity contribution < 1.29 is 9.53 Å². The minimum atomic E-state index is -0.0207. The summed E-state index contributed by atoms with van der Waals surface area (Å²) >= 11 is 0. The van der Waals surface area contributed by atoms with Gasteiger partial charge in [-0.1, -0.05) is 6.92 Å². The zero-order valence-corrected chi connectivity index (χ0v) is 12.3. The van der Waals surface area contributed by atoms with Crippen molar-refractivity contribution in [3.63, 3.8) is 0 Å². The topological polar surface area (TPSA) is 50.4 Å². The van der Waals surface area contributed by atoms with E-state index in [2.05, 4.69) is 17.6 Å². The summed E-state index contributed by atoms with van der Waals surface area (Å²) in [5.74, 6) is 1.39. The quantitative estimate of drug-likeness (QED) is 0.867. The van der Waals surface area contributed by atoms with Crippen LogP contribution in [0.5, 0.6) is 5.75 Å². The predicted octanol–water partition coefficient (Wildman–Crippen LogP) is 2.20. The first kappa shape index (κ1) is 14.9. The number of piperidine rings is 1. The fourth-order valence-electron chi connectivity index (χ4n) is 2.56. The fourth-order valence-corrected chi connectivity index (χ4v) is 2.56. The normalized spacial score (nSPS) is 22.3. The second-order valence-electron chi connectivity index (χ2n) is 5.35. The first-order valence-corrected chi connectivity index (χ1v) is 7.45. The number of carbonyl (C=O) groups excluding carboxylic acids is 1. The average Bonchev–Trinajstić information content (AvgIpc) is 2.47. The van der Waals surface area contributed by atoms with Crippen LogP contribution < -0.4 is 15.4 Å². The van der Waals surface area contributed by atoms with Crippen LogP contribution >= 0.6 is 0 Å². The summed E-state index contributed by atoms with van der Waals surface area (Å²) < 4.78 is 5.37. The van der Waals surface area contributed by atoms with Gasteiger partial charge in [0.05, 0.1) is 6.61 Å². The van der Waals surface area contributed by atoms with Gasteiger partial charge in [-0.25, -0.2) is 0 Å². The summed E-state index contributed by atoms with van der Waals surface area (Å²) in [7, 11) is 0. The van der Waals surface area contributed by atoms with Crippen molar-refractivity contribution in [2.24, 2.45) is 5.92 Å². The van der Waals surface area contributed by atoms with Gasteiger partial charge in [-0.05, 0) is 56.5 Å². The Labute approximate surface area is 120 Å². The van der Waals surface area contributed by atoms with Crippen LogP contribution in [0.3, 0.4) is 0 Å². The number of hydrogen-bond donors (Lipinski definition) is 2. The molecule has 2 atom stereocenters. The maximum absolute atomic E-state index is 12.1. The molecule has 1 saturated heterocycles. The summed E-state index contributed by atoms with van der Waals surface area (Å²) in [4.78, 5) is 12.1. The van der Waals surface area contributed by atoms with Crippen molar-refractivity contribution in [3.05, 3.63) is 29.8 Å². The zero-order valence-electron chi connectivity index (χ0n) is 12.3. The smallest absolute Gasteiger partial charge is 0.251 e. The van der Waals surface area contributed by atoms with Crippen LogP contribution in [-0.2, 0) is 0 Å². The highest BCUT2D eigenvalue weighted by Gasteiger charge is 2.21. The van der Waals surface area contributed by atoms with Crippen LogP contribution in [0.1, 0.15) is 37.0 Å². The molecule has 0 bridgehead atoms. The van der Waals surface area contributed by atoms with Crippen LogP contribution in [0.2, 0.25) is 0 Å². The Morgan fingerprint density at radius 3 is 2.80 bits per heavy atom. The van der Waals surface area contributed by atoms with Gasteiger partial charge in [0.25, 0.3) is 5.91 Å². The number of benzene rings is 1. The number of ether oxygens (including phenoxy) is 1. The Bertz CT molecular complexity index is 431. The third-order valence-electron chi connectivity index (χ3n) is 3.84. The third kappa shape index (κ3) is 3.97. The molecule has 0 aromatic heterocycles. The molecule has 110 valence electrons. The van der Waals surface area contributed by atoms with E-state index in [0.717, 1.165) is 12.3 Å². The summed E-state index contributed by atoms with van der Waals surface area (Å²) in [6.07, 6.45) is 2.46. The van der Waals surface area contributed by atoms with Gasteiger partial charge < -0.3 is 15.4 Å². The Morgan fingerprint density at radius 2 is 2.15 bits per heavy atom. The van der Waals surface area contributed by atoms with E-state index in [4.69, 9.17) is 4.74 Å². The van der Waals surface area contributed by atoms with E-state index in [9.17, 15) is 4.79 Å². The Balaban J connectivity index is 1.84. The molecule has 0 saturated carbocycles. The molecule has 1 aliphatic rings. The lowest BCUT2D eigenvalue weighted by atomic mass is 9.93. The van der Waals surface area contributed by atoms with E-state index < -0.39 is 0 Å². The first-order chi connectivity index (χ1) is 9.70. The van der Waals surface area contributed by atoms with Crippen molar-refractivity contribution >= 4 is 5.91 Å². The van der Waals surface area contributed by atoms with Gasteiger partial charge in [0.1, 0.15) is 5.75 Å². The summed E-state index contributed by atoms with van der Waals surface area (Å²) in [5, 5.41) is 6.48. The predicted molar refractivity (Wildman–Crippen MR) is 80.1 cm³/mol. The number of hydrogen-bond acceptors (Lipinski definition) is 3. The van der Waals surface area contributed by atoms with Gasteiger partial charge in [-0.3, -0.25) is 4.79 Å².